The number of likely N-dealkylation sites (tertiary alicyclic amines) is 1. The second kappa shape index (κ2) is 6.06. The number of rotatable bonds is 1. The standard InChI is InChI=1S/C17H25N3O/c1-18-9-7-14(8-10-18)17(21)20-12-11-19(2)16-6-4-3-5-15(16)13-20/h3-6,14H,7-13H2,1-2H3. The lowest BCUT2D eigenvalue weighted by Gasteiger charge is -2.32. The highest BCUT2D eigenvalue weighted by atomic mass is 16.2. The van der Waals surface area contributed by atoms with E-state index in [0.717, 1.165) is 45.6 Å². The number of para-hydroxylation sites is 1. The zero-order valence-electron chi connectivity index (χ0n) is 13.1. The van der Waals surface area contributed by atoms with Crippen LogP contribution in [0.15, 0.2) is 24.3 Å². The van der Waals surface area contributed by atoms with Crippen molar-refractivity contribution in [2.45, 2.75) is 19.4 Å². The molecule has 4 nitrogen and oxygen atoms in total. The SMILES string of the molecule is CN1CCC(C(=O)N2CCN(C)c3ccccc3C2)CC1. The Balaban J connectivity index is 1.73. The third-order valence-electron chi connectivity index (χ3n) is 4.85. The van der Waals surface area contributed by atoms with Crippen molar-refractivity contribution < 1.29 is 4.79 Å². The molecule has 0 saturated carbocycles. The van der Waals surface area contributed by atoms with Crippen LogP contribution < -0.4 is 4.90 Å². The number of fused-ring (bicyclic) bond motifs is 1. The molecule has 1 aromatic carbocycles. The van der Waals surface area contributed by atoms with Crippen molar-refractivity contribution in [1.29, 1.82) is 0 Å². The quantitative estimate of drug-likeness (QED) is 0.788. The number of hydrogen-bond donors (Lipinski definition) is 0. The highest BCUT2D eigenvalue weighted by molar-refractivity contribution is 5.79. The summed E-state index contributed by atoms with van der Waals surface area (Å²) in [5.41, 5.74) is 2.52. The van der Waals surface area contributed by atoms with Gasteiger partial charge in [0.25, 0.3) is 0 Å². The maximum absolute atomic E-state index is 12.8. The highest BCUT2D eigenvalue weighted by Gasteiger charge is 2.29. The molecule has 114 valence electrons. The van der Waals surface area contributed by atoms with Gasteiger partial charge in [-0.05, 0) is 44.6 Å². The highest BCUT2D eigenvalue weighted by Crippen LogP contribution is 2.26. The summed E-state index contributed by atoms with van der Waals surface area (Å²) in [5.74, 6) is 0.574. The summed E-state index contributed by atoms with van der Waals surface area (Å²) < 4.78 is 0. The Kier molecular flexibility index (Phi) is 4.15. The molecule has 2 aliphatic heterocycles. The molecule has 0 aromatic heterocycles. The predicted molar refractivity (Wildman–Crippen MR) is 85.4 cm³/mol. The van der Waals surface area contributed by atoms with E-state index in [1.165, 1.54) is 11.3 Å². The van der Waals surface area contributed by atoms with E-state index in [2.05, 4.69) is 53.1 Å². The molecule has 3 rings (SSSR count). The van der Waals surface area contributed by atoms with Crippen LogP contribution in [0.3, 0.4) is 0 Å². The zero-order valence-corrected chi connectivity index (χ0v) is 13.1. The van der Waals surface area contributed by atoms with Gasteiger partial charge in [-0.1, -0.05) is 18.2 Å². The molecule has 21 heavy (non-hydrogen) atoms. The Morgan fingerprint density at radius 3 is 2.52 bits per heavy atom. The average molecular weight is 287 g/mol. The van der Waals surface area contributed by atoms with E-state index in [0.29, 0.717) is 5.91 Å². The summed E-state index contributed by atoms with van der Waals surface area (Å²) in [6.07, 6.45) is 2.01. The van der Waals surface area contributed by atoms with E-state index < -0.39 is 0 Å². The first-order valence-electron chi connectivity index (χ1n) is 7.91. The minimum atomic E-state index is 0.219. The van der Waals surface area contributed by atoms with Crippen molar-refractivity contribution in [2.75, 3.05) is 45.2 Å². The lowest BCUT2D eigenvalue weighted by Crippen LogP contribution is -2.42. The number of anilines is 1. The number of likely N-dealkylation sites (N-methyl/N-ethyl adjacent to an activating group) is 1. The first-order valence-corrected chi connectivity index (χ1v) is 7.91. The molecule has 0 N–H and O–H groups in total. The average Bonchev–Trinajstić information content (AvgIpc) is 2.67. The van der Waals surface area contributed by atoms with Crippen molar-refractivity contribution >= 4 is 11.6 Å². The van der Waals surface area contributed by atoms with E-state index >= 15 is 0 Å². The number of hydrogen-bond acceptors (Lipinski definition) is 3. The summed E-state index contributed by atoms with van der Waals surface area (Å²) in [6, 6.07) is 8.44. The van der Waals surface area contributed by atoms with Gasteiger partial charge in [0.05, 0.1) is 0 Å². The van der Waals surface area contributed by atoms with E-state index in [1.54, 1.807) is 0 Å². The Hall–Kier alpha value is -1.55. The van der Waals surface area contributed by atoms with Gasteiger partial charge in [-0.3, -0.25) is 4.79 Å². The van der Waals surface area contributed by atoms with E-state index in [-0.39, 0.29) is 5.92 Å². The van der Waals surface area contributed by atoms with Gasteiger partial charge in [-0.15, -0.1) is 0 Å². The number of piperidine rings is 1. The van der Waals surface area contributed by atoms with Crippen LogP contribution in [-0.4, -0.2) is 56.0 Å². The predicted octanol–water partition coefficient (Wildman–Crippen LogP) is 1.81. The van der Waals surface area contributed by atoms with Crippen LogP contribution in [0, 0.1) is 5.92 Å². The maximum atomic E-state index is 12.8. The maximum Gasteiger partial charge on any atom is 0.226 e. The zero-order chi connectivity index (χ0) is 14.8. The third kappa shape index (κ3) is 3.05. The lowest BCUT2D eigenvalue weighted by molar-refractivity contribution is -0.137. The molecule has 0 unspecified atom stereocenters. The smallest absolute Gasteiger partial charge is 0.226 e. The normalized spacial score (nSPS) is 21.0. The Morgan fingerprint density at radius 1 is 1.05 bits per heavy atom. The molecule has 0 bridgehead atoms. The summed E-state index contributed by atoms with van der Waals surface area (Å²) in [4.78, 5) is 19.5. The molecule has 0 atom stereocenters. The van der Waals surface area contributed by atoms with Gasteiger partial charge in [0.15, 0.2) is 0 Å². The van der Waals surface area contributed by atoms with Gasteiger partial charge < -0.3 is 14.7 Å². The van der Waals surface area contributed by atoms with Crippen molar-refractivity contribution in [3.63, 3.8) is 0 Å². The largest absolute Gasteiger partial charge is 0.373 e. The number of carbonyl (C=O) groups is 1. The molecule has 4 heteroatoms. The molecule has 1 amide bonds. The van der Waals surface area contributed by atoms with Crippen LogP contribution in [0.25, 0.3) is 0 Å². The number of carbonyl (C=O) groups excluding carboxylic acids is 1. The summed E-state index contributed by atoms with van der Waals surface area (Å²) in [6.45, 7) is 4.58. The molecule has 1 saturated heterocycles. The van der Waals surface area contributed by atoms with Gasteiger partial charge in [-0.2, -0.15) is 0 Å². The Labute approximate surface area is 127 Å². The van der Waals surface area contributed by atoms with E-state index in [4.69, 9.17) is 0 Å². The molecule has 0 aliphatic carbocycles. The monoisotopic (exact) mass is 287 g/mol. The van der Waals surface area contributed by atoms with Crippen LogP contribution in [0.4, 0.5) is 5.69 Å². The molecule has 2 heterocycles. The van der Waals surface area contributed by atoms with Crippen LogP contribution in [0.5, 0.6) is 0 Å². The fourth-order valence-electron chi connectivity index (χ4n) is 3.39. The van der Waals surface area contributed by atoms with Gasteiger partial charge in [0, 0.05) is 38.3 Å². The van der Waals surface area contributed by atoms with Gasteiger partial charge in [0.2, 0.25) is 5.91 Å². The minimum Gasteiger partial charge on any atom is -0.373 e. The van der Waals surface area contributed by atoms with Crippen LogP contribution >= 0.6 is 0 Å². The molecule has 0 radical (unpaired) electrons. The fourth-order valence-corrected chi connectivity index (χ4v) is 3.39. The molecule has 1 fully saturated rings. The van der Waals surface area contributed by atoms with Crippen LogP contribution in [0.2, 0.25) is 0 Å². The third-order valence-corrected chi connectivity index (χ3v) is 4.85. The topological polar surface area (TPSA) is 26.8 Å². The summed E-state index contributed by atoms with van der Waals surface area (Å²) in [7, 11) is 4.25. The molecule has 2 aliphatic rings. The van der Waals surface area contributed by atoms with Gasteiger partial charge in [-0.25, -0.2) is 0 Å². The fraction of sp³-hybridized carbons (Fsp3) is 0.588. The molecular weight excluding hydrogens is 262 g/mol. The van der Waals surface area contributed by atoms with Gasteiger partial charge in [0.1, 0.15) is 0 Å². The number of nitrogens with zero attached hydrogens (tertiary/aromatic N) is 3. The first-order chi connectivity index (χ1) is 10.1. The van der Waals surface area contributed by atoms with Crippen LogP contribution in [0.1, 0.15) is 18.4 Å². The summed E-state index contributed by atoms with van der Waals surface area (Å²) >= 11 is 0. The van der Waals surface area contributed by atoms with Crippen molar-refractivity contribution in [2.24, 2.45) is 5.92 Å². The summed E-state index contributed by atoms with van der Waals surface area (Å²) in [5, 5.41) is 0. The van der Waals surface area contributed by atoms with Crippen LogP contribution in [-0.2, 0) is 11.3 Å². The Bertz CT molecular complexity index is 509. The van der Waals surface area contributed by atoms with E-state index in [9.17, 15) is 4.79 Å². The van der Waals surface area contributed by atoms with Crippen molar-refractivity contribution in [3.05, 3.63) is 29.8 Å². The second-order valence-corrected chi connectivity index (χ2v) is 6.39. The molecule has 1 aromatic rings. The van der Waals surface area contributed by atoms with E-state index in [1.807, 2.05) is 0 Å². The lowest BCUT2D eigenvalue weighted by atomic mass is 9.95. The number of amides is 1. The van der Waals surface area contributed by atoms with Crippen molar-refractivity contribution in [1.82, 2.24) is 9.80 Å². The van der Waals surface area contributed by atoms with Gasteiger partial charge >= 0.3 is 0 Å². The second-order valence-electron chi connectivity index (χ2n) is 6.39. The number of benzene rings is 1. The Morgan fingerprint density at radius 2 is 1.76 bits per heavy atom. The molecule has 0 spiro atoms. The molecular formula is C17H25N3O. The van der Waals surface area contributed by atoms with Crippen molar-refractivity contribution in [3.8, 4) is 0 Å². The minimum absolute atomic E-state index is 0.219. The first kappa shape index (κ1) is 14.4.